The van der Waals surface area contributed by atoms with Crippen LogP contribution in [0.1, 0.15) is 55.7 Å². The van der Waals surface area contributed by atoms with E-state index in [2.05, 4.69) is 16.9 Å². The van der Waals surface area contributed by atoms with Crippen molar-refractivity contribution in [2.45, 2.75) is 77.0 Å². The number of rotatable bonds is 5. The van der Waals surface area contributed by atoms with Gasteiger partial charge in [0.15, 0.2) is 12.0 Å². The number of aryl methyl sites for hydroxylation is 2. The average Bonchev–Trinajstić information content (AvgIpc) is 3.44. The second kappa shape index (κ2) is 7.79. The molecule has 0 aliphatic carbocycles. The molecular formula is C22H26ClN3O4S. The van der Waals surface area contributed by atoms with Crippen LogP contribution >= 0.6 is 22.9 Å². The summed E-state index contributed by atoms with van der Waals surface area (Å²) in [4.78, 5) is 9.57. The van der Waals surface area contributed by atoms with Gasteiger partial charge in [-0.3, -0.25) is 0 Å². The van der Waals surface area contributed by atoms with E-state index in [4.69, 9.17) is 25.8 Å². The van der Waals surface area contributed by atoms with Crippen LogP contribution in [0.2, 0.25) is 4.34 Å². The van der Waals surface area contributed by atoms with Crippen LogP contribution in [0.25, 0.3) is 11.0 Å². The Morgan fingerprint density at radius 2 is 2.06 bits per heavy atom. The first-order valence-corrected chi connectivity index (χ1v) is 11.7. The zero-order chi connectivity index (χ0) is 21.9. The predicted molar refractivity (Wildman–Crippen MR) is 118 cm³/mol. The van der Waals surface area contributed by atoms with E-state index < -0.39 is 30.3 Å². The molecule has 166 valence electrons. The van der Waals surface area contributed by atoms with Gasteiger partial charge in [0, 0.05) is 16.5 Å². The van der Waals surface area contributed by atoms with Crippen molar-refractivity contribution in [2.24, 2.45) is 0 Å². The highest BCUT2D eigenvalue weighted by Crippen LogP contribution is 2.48. The van der Waals surface area contributed by atoms with Crippen LogP contribution < -0.4 is 0 Å². The van der Waals surface area contributed by atoms with Crippen LogP contribution in [0.4, 0.5) is 0 Å². The molecule has 2 aliphatic heterocycles. The van der Waals surface area contributed by atoms with Crippen LogP contribution in [0.3, 0.4) is 0 Å². The zero-order valence-electron chi connectivity index (χ0n) is 17.9. The molecule has 1 unspecified atom stereocenters. The standard InChI is InChI=1S/C22H26ClN3O4S/c1-5-6-12-9-14(23)31-19(12)15(27)16-17-18(30-22(3,4)29-17)21(28-16)26-8-7-13-11(2)24-10-25-20(13)26/h7-10,15-18,21,27H,5-6H2,1-4H3/t15?,16-,17+,18+,21+/m0/s1. The maximum Gasteiger partial charge on any atom is 0.164 e. The Morgan fingerprint density at radius 1 is 1.29 bits per heavy atom. The molecule has 3 aromatic rings. The Hall–Kier alpha value is -1.55. The second-order valence-corrected chi connectivity index (χ2v) is 10.3. The Balaban J connectivity index is 1.53. The minimum Gasteiger partial charge on any atom is -0.385 e. The summed E-state index contributed by atoms with van der Waals surface area (Å²) in [5.41, 5.74) is 2.73. The number of halogens is 1. The van der Waals surface area contributed by atoms with Crippen molar-refractivity contribution >= 4 is 34.0 Å². The summed E-state index contributed by atoms with van der Waals surface area (Å²) in [7, 11) is 0. The molecule has 5 atom stereocenters. The van der Waals surface area contributed by atoms with Crippen LogP contribution in [0, 0.1) is 6.92 Å². The monoisotopic (exact) mass is 463 g/mol. The quantitative estimate of drug-likeness (QED) is 0.597. The minimum absolute atomic E-state index is 0.384. The van der Waals surface area contributed by atoms with E-state index in [1.54, 1.807) is 6.33 Å². The van der Waals surface area contributed by atoms with Crippen molar-refractivity contribution in [3.63, 3.8) is 0 Å². The molecule has 7 nitrogen and oxygen atoms in total. The number of aliphatic hydroxyl groups excluding tert-OH is 1. The fourth-order valence-electron chi connectivity index (χ4n) is 4.66. The first-order valence-electron chi connectivity index (χ1n) is 10.5. The van der Waals surface area contributed by atoms with Crippen molar-refractivity contribution in [2.75, 3.05) is 0 Å². The SMILES string of the molecule is CCCc1cc(Cl)sc1C(O)[C@@H]1O[C@@H](n2ccc3c(C)ncnc32)[C@@H]2OC(C)(C)O[C@@H]21. The maximum atomic E-state index is 11.4. The third-order valence-electron chi connectivity index (χ3n) is 5.96. The largest absolute Gasteiger partial charge is 0.385 e. The third kappa shape index (κ3) is 3.59. The lowest BCUT2D eigenvalue weighted by Gasteiger charge is -2.27. The first-order chi connectivity index (χ1) is 14.8. The van der Waals surface area contributed by atoms with E-state index >= 15 is 0 Å². The Morgan fingerprint density at radius 3 is 2.84 bits per heavy atom. The van der Waals surface area contributed by atoms with E-state index in [-0.39, 0.29) is 6.10 Å². The number of fused-ring (bicyclic) bond motifs is 2. The van der Waals surface area contributed by atoms with Crippen LogP contribution in [0.15, 0.2) is 24.7 Å². The fraction of sp³-hybridized carbons (Fsp3) is 0.545. The summed E-state index contributed by atoms with van der Waals surface area (Å²) in [6.45, 7) is 7.83. The molecule has 0 saturated carbocycles. The van der Waals surface area contributed by atoms with Crippen molar-refractivity contribution in [3.8, 4) is 0 Å². The molecular weight excluding hydrogens is 438 g/mol. The van der Waals surface area contributed by atoms with Gasteiger partial charge in [0.2, 0.25) is 0 Å². The van der Waals surface area contributed by atoms with Gasteiger partial charge in [-0.2, -0.15) is 0 Å². The van der Waals surface area contributed by atoms with Gasteiger partial charge in [0.25, 0.3) is 0 Å². The van der Waals surface area contributed by atoms with E-state index in [0.29, 0.717) is 4.34 Å². The van der Waals surface area contributed by atoms with E-state index in [0.717, 1.165) is 40.0 Å². The summed E-state index contributed by atoms with van der Waals surface area (Å²) in [6, 6.07) is 3.92. The topological polar surface area (TPSA) is 78.6 Å². The molecule has 3 aromatic heterocycles. The Kier molecular flexibility index (Phi) is 5.36. The minimum atomic E-state index is -0.868. The van der Waals surface area contributed by atoms with Crippen molar-refractivity contribution in [1.29, 1.82) is 0 Å². The van der Waals surface area contributed by atoms with Gasteiger partial charge in [0.1, 0.15) is 36.4 Å². The molecule has 2 saturated heterocycles. The van der Waals surface area contributed by atoms with E-state index in [1.807, 2.05) is 43.7 Å². The molecule has 0 aromatic carbocycles. The molecule has 2 aliphatic rings. The van der Waals surface area contributed by atoms with Crippen molar-refractivity contribution in [3.05, 3.63) is 45.1 Å². The summed E-state index contributed by atoms with van der Waals surface area (Å²) < 4.78 is 21.5. The van der Waals surface area contributed by atoms with Gasteiger partial charge >= 0.3 is 0 Å². The zero-order valence-corrected chi connectivity index (χ0v) is 19.5. The summed E-state index contributed by atoms with van der Waals surface area (Å²) in [5, 5.41) is 12.3. The van der Waals surface area contributed by atoms with Crippen molar-refractivity contribution < 1.29 is 19.3 Å². The molecule has 0 radical (unpaired) electrons. The fourth-order valence-corrected chi connectivity index (χ4v) is 6.00. The average molecular weight is 464 g/mol. The normalized spacial score (nSPS) is 28.3. The number of hydrogen-bond acceptors (Lipinski definition) is 7. The van der Waals surface area contributed by atoms with Gasteiger partial charge < -0.3 is 23.9 Å². The third-order valence-corrected chi connectivity index (χ3v) is 7.34. The molecule has 5 heterocycles. The van der Waals surface area contributed by atoms with Crippen LogP contribution in [-0.4, -0.2) is 43.7 Å². The van der Waals surface area contributed by atoms with Crippen LogP contribution in [-0.2, 0) is 20.6 Å². The molecule has 0 spiro atoms. The molecule has 1 N–H and O–H groups in total. The molecule has 9 heteroatoms. The lowest BCUT2D eigenvalue weighted by atomic mass is 10.0. The second-order valence-electron chi connectivity index (χ2n) is 8.61. The molecule has 0 bridgehead atoms. The number of aliphatic hydroxyl groups is 1. The van der Waals surface area contributed by atoms with Gasteiger partial charge in [0.05, 0.1) is 10.0 Å². The molecule has 5 rings (SSSR count). The Bertz CT molecular complexity index is 1110. The summed E-state index contributed by atoms with van der Waals surface area (Å²) >= 11 is 7.69. The highest BCUT2D eigenvalue weighted by Gasteiger charge is 2.58. The van der Waals surface area contributed by atoms with Gasteiger partial charge in [-0.15, -0.1) is 11.3 Å². The number of ether oxygens (including phenoxy) is 3. The highest BCUT2D eigenvalue weighted by molar-refractivity contribution is 7.16. The van der Waals surface area contributed by atoms with Gasteiger partial charge in [-0.25, -0.2) is 9.97 Å². The lowest BCUT2D eigenvalue weighted by Crippen LogP contribution is -2.34. The van der Waals surface area contributed by atoms with Crippen molar-refractivity contribution in [1.82, 2.24) is 14.5 Å². The number of nitrogens with zero attached hydrogens (tertiary/aromatic N) is 3. The van der Waals surface area contributed by atoms with Gasteiger partial charge in [-0.05, 0) is 44.9 Å². The van der Waals surface area contributed by atoms with E-state index in [9.17, 15) is 5.11 Å². The summed E-state index contributed by atoms with van der Waals surface area (Å²) in [6.07, 6.45) is 2.54. The molecule has 2 fully saturated rings. The number of thiophene rings is 1. The predicted octanol–water partition coefficient (Wildman–Crippen LogP) is 4.56. The molecule has 0 amide bonds. The smallest absolute Gasteiger partial charge is 0.164 e. The number of hydrogen-bond donors (Lipinski definition) is 1. The maximum absolute atomic E-state index is 11.4. The summed E-state index contributed by atoms with van der Waals surface area (Å²) in [5.74, 6) is -0.775. The van der Waals surface area contributed by atoms with Gasteiger partial charge in [-0.1, -0.05) is 24.9 Å². The molecule has 31 heavy (non-hydrogen) atoms. The first kappa shape index (κ1) is 21.3. The lowest BCUT2D eigenvalue weighted by molar-refractivity contribution is -0.207. The number of aromatic nitrogens is 3. The highest BCUT2D eigenvalue weighted by atomic mass is 35.5. The Labute approximate surface area is 189 Å². The van der Waals surface area contributed by atoms with Crippen LogP contribution in [0.5, 0.6) is 0 Å². The van der Waals surface area contributed by atoms with E-state index in [1.165, 1.54) is 11.3 Å².